The topological polar surface area (TPSA) is 80.5 Å². The lowest BCUT2D eigenvalue weighted by atomic mass is 10.0. The number of rotatable bonds is 4. The average molecular weight is 427 g/mol. The average Bonchev–Trinajstić information content (AvgIpc) is 3.49. The molecule has 7 heteroatoms. The predicted octanol–water partition coefficient (Wildman–Crippen LogP) is 4.60. The van der Waals surface area contributed by atoms with Crippen LogP contribution in [0.25, 0.3) is 33.1 Å². The summed E-state index contributed by atoms with van der Waals surface area (Å²) in [5.74, 6) is 0.609. The number of hydrogen-bond donors (Lipinski definition) is 2. The van der Waals surface area contributed by atoms with Crippen molar-refractivity contribution in [3.63, 3.8) is 0 Å². The Morgan fingerprint density at radius 2 is 2.00 bits per heavy atom. The van der Waals surface area contributed by atoms with E-state index in [0.717, 1.165) is 38.9 Å². The van der Waals surface area contributed by atoms with Gasteiger partial charge in [0, 0.05) is 30.4 Å². The molecule has 5 aromatic rings. The summed E-state index contributed by atoms with van der Waals surface area (Å²) in [6.07, 6.45) is 5.70. The van der Waals surface area contributed by atoms with Gasteiger partial charge in [-0.15, -0.1) is 0 Å². The lowest BCUT2D eigenvalue weighted by Gasteiger charge is -2.20. The molecule has 2 N–H and O–H groups in total. The van der Waals surface area contributed by atoms with Gasteiger partial charge in [-0.3, -0.25) is 9.48 Å². The van der Waals surface area contributed by atoms with Crippen LogP contribution in [0.5, 0.6) is 0 Å². The number of nitrogens with zero attached hydrogens (tertiary/aromatic N) is 4. The Kier molecular flexibility index (Phi) is 4.62. The maximum absolute atomic E-state index is 12.6. The van der Waals surface area contributed by atoms with Crippen LogP contribution >= 0.6 is 0 Å². The summed E-state index contributed by atoms with van der Waals surface area (Å²) in [4.78, 5) is 20.5. The van der Waals surface area contributed by atoms with Crippen molar-refractivity contribution in [2.24, 2.45) is 7.05 Å². The molecule has 162 valence electrons. The Hall–Kier alpha value is -3.87. The molecule has 0 radical (unpaired) electrons. The molecular formula is C25H26N6O. The molecule has 0 atom stereocenters. The summed E-state index contributed by atoms with van der Waals surface area (Å²) in [6.45, 7) is 6.64. The normalized spacial score (nSPS) is 12.0. The van der Waals surface area contributed by atoms with Crippen LogP contribution in [0.15, 0.2) is 61.1 Å². The van der Waals surface area contributed by atoms with Crippen molar-refractivity contribution in [3.05, 3.63) is 72.4 Å². The lowest BCUT2D eigenvalue weighted by Crippen LogP contribution is -2.24. The van der Waals surface area contributed by atoms with Gasteiger partial charge in [0.2, 0.25) is 0 Å². The smallest absolute Gasteiger partial charge is 0.253 e. The number of H-pyrrole nitrogens is 1. The zero-order valence-electron chi connectivity index (χ0n) is 18.7. The summed E-state index contributed by atoms with van der Waals surface area (Å²) >= 11 is 0. The fraction of sp³-hybridized carbons (Fsp3) is 0.240. The molecule has 32 heavy (non-hydrogen) atoms. The highest BCUT2D eigenvalue weighted by Gasteiger charge is 2.16. The van der Waals surface area contributed by atoms with Crippen molar-refractivity contribution in [3.8, 4) is 11.1 Å². The number of nitrogens with one attached hydrogen (secondary N) is 2. The molecule has 2 aromatic carbocycles. The van der Waals surface area contributed by atoms with Crippen LogP contribution in [0.1, 0.15) is 37.0 Å². The number of imidazole rings is 1. The minimum Gasteiger partial charge on any atom is -0.348 e. The van der Waals surface area contributed by atoms with E-state index in [2.05, 4.69) is 65.4 Å². The number of hydrogen-bond acceptors (Lipinski definition) is 3. The standard InChI is InChI=1S/C25H26N6O/c1-25(2,3)31-11-10-17(15-31)24(32)26-14-23-28-20-9-8-16(12-21(20)29-23)18-6-5-7-22-19(18)13-27-30(22)4/h5-13,15H,14H2,1-4H3,(H,26,32)(H,28,29). The van der Waals surface area contributed by atoms with Crippen LogP contribution in [0.3, 0.4) is 0 Å². The molecule has 0 bridgehead atoms. The third-order valence-corrected chi connectivity index (χ3v) is 5.78. The highest BCUT2D eigenvalue weighted by molar-refractivity contribution is 5.96. The maximum atomic E-state index is 12.6. The third-order valence-electron chi connectivity index (χ3n) is 5.78. The van der Waals surface area contributed by atoms with Crippen LogP contribution in [-0.2, 0) is 19.1 Å². The first-order valence-corrected chi connectivity index (χ1v) is 10.7. The summed E-state index contributed by atoms with van der Waals surface area (Å²) < 4.78 is 3.91. The van der Waals surface area contributed by atoms with E-state index in [9.17, 15) is 4.79 Å². The van der Waals surface area contributed by atoms with Gasteiger partial charge >= 0.3 is 0 Å². The fourth-order valence-corrected chi connectivity index (χ4v) is 3.96. The number of fused-ring (bicyclic) bond motifs is 2. The van der Waals surface area contributed by atoms with E-state index in [0.29, 0.717) is 12.1 Å². The van der Waals surface area contributed by atoms with Gasteiger partial charge in [0.05, 0.1) is 34.9 Å². The molecule has 3 aromatic heterocycles. The van der Waals surface area contributed by atoms with Gasteiger partial charge in [-0.05, 0) is 56.2 Å². The van der Waals surface area contributed by atoms with E-state index in [1.54, 1.807) is 0 Å². The van der Waals surface area contributed by atoms with E-state index >= 15 is 0 Å². The second kappa shape index (κ2) is 7.37. The van der Waals surface area contributed by atoms with Crippen molar-refractivity contribution < 1.29 is 4.79 Å². The van der Waals surface area contributed by atoms with Gasteiger partial charge in [-0.1, -0.05) is 18.2 Å². The molecule has 1 amide bonds. The number of aromatic amines is 1. The molecule has 7 nitrogen and oxygen atoms in total. The van der Waals surface area contributed by atoms with Crippen molar-refractivity contribution in [2.45, 2.75) is 32.9 Å². The summed E-state index contributed by atoms with van der Waals surface area (Å²) in [6, 6.07) is 14.2. The lowest BCUT2D eigenvalue weighted by molar-refractivity contribution is 0.0950. The third kappa shape index (κ3) is 3.56. The Morgan fingerprint density at radius 1 is 1.16 bits per heavy atom. The van der Waals surface area contributed by atoms with Crippen LogP contribution in [0, 0.1) is 0 Å². The van der Waals surface area contributed by atoms with Gasteiger partial charge in [0.15, 0.2) is 0 Å². The van der Waals surface area contributed by atoms with Crippen LogP contribution in [0.2, 0.25) is 0 Å². The molecule has 0 saturated carbocycles. The Bertz CT molecular complexity index is 1450. The number of carbonyl (C=O) groups is 1. The minimum absolute atomic E-state index is 0.0604. The summed E-state index contributed by atoms with van der Waals surface area (Å²) in [5.41, 5.74) is 5.71. The van der Waals surface area contributed by atoms with Crippen molar-refractivity contribution in [1.82, 2.24) is 29.6 Å². The highest BCUT2D eigenvalue weighted by Crippen LogP contribution is 2.30. The molecule has 3 heterocycles. The van der Waals surface area contributed by atoms with Gasteiger partial charge in [-0.25, -0.2) is 4.98 Å². The van der Waals surface area contributed by atoms with Crippen molar-refractivity contribution >= 4 is 27.8 Å². The second-order valence-electron chi connectivity index (χ2n) is 9.08. The van der Waals surface area contributed by atoms with Gasteiger partial charge < -0.3 is 14.9 Å². The number of aromatic nitrogens is 5. The fourth-order valence-electron chi connectivity index (χ4n) is 3.96. The first-order chi connectivity index (χ1) is 15.3. The van der Waals surface area contributed by atoms with E-state index in [1.165, 1.54) is 0 Å². The maximum Gasteiger partial charge on any atom is 0.253 e. The van der Waals surface area contributed by atoms with E-state index in [1.807, 2.05) is 53.1 Å². The monoisotopic (exact) mass is 426 g/mol. The van der Waals surface area contributed by atoms with E-state index in [-0.39, 0.29) is 11.4 Å². The Balaban J connectivity index is 1.36. The largest absolute Gasteiger partial charge is 0.348 e. The molecular weight excluding hydrogens is 400 g/mol. The predicted molar refractivity (Wildman–Crippen MR) is 126 cm³/mol. The molecule has 0 aliphatic carbocycles. The quantitative estimate of drug-likeness (QED) is 0.441. The first-order valence-electron chi connectivity index (χ1n) is 10.7. The second-order valence-corrected chi connectivity index (χ2v) is 9.08. The Morgan fingerprint density at radius 3 is 2.78 bits per heavy atom. The van der Waals surface area contributed by atoms with Gasteiger partial charge in [0.25, 0.3) is 5.91 Å². The van der Waals surface area contributed by atoms with E-state index in [4.69, 9.17) is 0 Å². The number of carbonyl (C=O) groups excluding carboxylic acids is 1. The molecule has 0 aliphatic heterocycles. The molecule has 0 saturated heterocycles. The zero-order chi connectivity index (χ0) is 22.5. The minimum atomic E-state index is -0.114. The Labute approximate surface area is 186 Å². The molecule has 0 aliphatic rings. The molecule has 0 spiro atoms. The summed E-state index contributed by atoms with van der Waals surface area (Å²) in [5, 5.41) is 8.46. The molecule has 5 rings (SSSR count). The first kappa shape index (κ1) is 20.1. The van der Waals surface area contributed by atoms with Crippen LogP contribution in [0.4, 0.5) is 0 Å². The number of benzene rings is 2. The number of aryl methyl sites for hydroxylation is 1. The van der Waals surface area contributed by atoms with Gasteiger partial charge in [-0.2, -0.15) is 5.10 Å². The number of amides is 1. The van der Waals surface area contributed by atoms with Crippen molar-refractivity contribution in [2.75, 3.05) is 0 Å². The van der Waals surface area contributed by atoms with Crippen molar-refractivity contribution in [1.29, 1.82) is 0 Å². The van der Waals surface area contributed by atoms with Crippen LogP contribution in [-0.4, -0.2) is 30.2 Å². The zero-order valence-corrected chi connectivity index (χ0v) is 18.7. The van der Waals surface area contributed by atoms with Gasteiger partial charge in [0.1, 0.15) is 5.82 Å². The molecule has 0 fully saturated rings. The molecule has 0 unspecified atom stereocenters. The SMILES string of the molecule is Cn1ncc2c(-c3ccc4nc(CNC(=O)c5ccn(C(C)(C)C)c5)[nH]c4c3)cccc21. The highest BCUT2D eigenvalue weighted by atomic mass is 16.1. The van der Waals surface area contributed by atoms with Crippen LogP contribution < -0.4 is 5.32 Å². The van der Waals surface area contributed by atoms with E-state index < -0.39 is 0 Å². The summed E-state index contributed by atoms with van der Waals surface area (Å²) in [7, 11) is 1.95.